The molecule has 3 rings (SSSR count). The standard InChI is InChI=1S/C22H16I2N2O4/c1-4-5-30-19-17(23)10-14(11-18(19)24)9-16-20(27)25-22(29)26(21(16)28)15-7-12(2)6-13(3)8-15/h1,6-11H,5H2,2-3H3,(H,25,27,29)/b16-9+. The summed E-state index contributed by atoms with van der Waals surface area (Å²) < 4.78 is 7.11. The largest absolute Gasteiger partial charge is 0.479 e. The minimum Gasteiger partial charge on any atom is -0.479 e. The van der Waals surface area contributed by atoms with Crippen LogP contribution in [-0.4, -0.2) is 24.5 Å². The second kappa shape index (κ2) is 9.18. The van der Waals surface area contributed by atoms with E-state index in [-0.39, 0.29) is 12.2 Å². The normalized spacial score (nSPS) is 15.2. The van der Waals surface area contributed by atoms with Crippen molar-refractivity contribution < 1.29 is 19.1 Å². The van der Waals surface area contributed by atoms with Crippen molar-refractivity contribution in [3.63, 3.8) is 0 Å². The molecule has 1 saturated heterocycles. The van der Waals surface area contributed by atoms with Crippen molar-refractivity contribution in [1.29, 1.82) is 0 Å². The number of nitrogens with zero attached hydrogens (tertiary/aromatic N) is 1. The van der Waals surface area contributed by atoms with Gasteiger partial charge in [0.1, 0.15) is 17.9 Å². The van der Waals surface area contributed by atoms with Crippen molar-refractivity contribution >= 4 is 74.8 Å². The molecule has 0 aromatic heterocycles. The van der Waals surface area contributed by atoms with Gasteiger partial charge < -0.3 is 4.74 Å². The molecule has 30 heavy (non-hydrogen) atoms. The fourth-order valence-electron chi connectivity index (χ4n) is 3.05. The van der Waals surface area contributed by atoms with E-state index >= 15 is 0 Å². The predicted molar refractivity (Wildman–Crippen MR) is 131 cm³/mol. The Morgan fingerprint density at radius 1 is 1.07 bits per heavy atom. The van der Waals surface area contributed by atoms with Gasteiger partial charge in [-0.2, -0.15) is 0 Å². The summed E-state index contributed by atoms with van der Waals surface area (Å²) in [6, 6.07) is 8.17. The van der Waals surface area contributed by atoms with Crippen molar-refractivity contribution in [2.45, 2.75) is 13.8 Å². The number of aryl methyl sites for hydroxylation is 2. The first-order chi connectivity index (χ1) is 14.2. The summed E-state index contributed by atoms with van der Waals surface area (Å²) >= 11 is 4.20. The van der Waals surface area contributed by atoms with Crippen LogP contribution in [0, 0.1) is 33.3 Å². The zero-order chi connectivity index (χ0) is 22.0. The van der Waals surface area contributed by atoms with Gasteiger partial charge in [0.15, 0.2) is 0 Å². The van der Waals surface area contributed by atoms with Crippen molar-refractivity contribution in [3.8, 4) is 18.1 Å². The number of carbonyl (C=O) groups is 3. The van der Waals surface area contributed by atoms with Gasteiger partial charge in [-0.1, -0.05) is 12.0 Å². The molecule has 1 fully saturated rings. The molecule has 2 aromatic carbocycles. The smallest absolute Gasteiger partial charge is 0.335 e. The average molecular weight is 626 g/mol. The third-order valence-corrected chi connectivity index (χ3v) is 5.80. The number of hydrogen-bond donors (Lipinski definition) is 1. The number of halogens is 2. The first-order valence-corrected chi connectivity index (χ1v) is 10.9. The van der Waals surface area contributed by atoms with E-state index in [0.29, 0.717) is 17.0 Å². The Labute approximate surface area is 201 Å². The van der Waals surface area contributed by atoms with E-state index < -0.39 is 17.8 Å². The summed E-state index contributed by atoms with van der Waals surface area (Å²) in [5.41, 5.74) is 2.72. The minimum absolute atomic E-state index is 0.127. The Balaban J connectivity index is 2.02. The first kappa shape index (κ1) is 22.3. The molecule has 1 aliphatic heterocycles. The van der Waals surface area contributed by atoms with Gasteiger partial charge >= 0.3 is 6.03 Å². The zero-order valence-electron chi connectivity index (χ0n) is 16.1. The summed E-state index contributed by atoms with van der Waals surface area (Å²) in [5, 5.41) is 2.24. The number of hydrogen-bond acceptors (Lipinski definition) is 4. The van der Waals surface area contributed by atoms with Crippen LogP contribution in [0.1, 0.15) is 16.7 Å². The Morgan fingerprint density at radius 2 is 1.67 bits per heavy atom. The third kappa shape index (κ3) is 4.67. The van der Waals surface area contributed by atoms with Gasteiger partial charge in [-0.25, -0.2) is 9.69 Å². The van der Waals surface area contributed by atoms with Crippen LogP contribution in [0.25, 0.3) is 6.08 Å². The fourth-order valence-corrected chi connectivity index (χ4v) is 5.18. The number of nitrogens with one attached hydrogen (secondary N) is 1. The summed E-state index contributed by atoms with van der Waals surface area (Å²) in [4.78, 5) is 38.9. The molecule has 1 N–H and O–H groups in total. The second-order valence-electron chi connectivity index (χ2n) is 6.61. The minimum atomic E-state index is -0.769. The number of amides is 4. The molecule has 6 nitrogen and oxygen atoms in total. The van der Waals surface area contributed by atoms with E-state index in [4.69, 9.17) is 11.2 Å². The number of benzene rings is 2. The van der Waals surface area contributed by atoms with Crippen molar-refractivity contribution in [1.82, 2.24) is 5.32 Å². The highest BCUT2D eigenvalue weighted by atomic mass is 127. The molecule has 4 amide bonds. The molecular weight excluding hydrogens is 610 g/mol. The van der Waals surface area contributed by atoms with Crippen LogP contribution in [0.15, 0.2) is 35.9 Å². The molecule has 0 atom stereocenters. The van der Waals surface area contributed by atoms with Gasteiger partial charge in [0.05, 0.1) is 12.8 Å². The Bertz CT molecular complexity index is 1110. The maximum Gasteiger partial charge on any atom is 0.335 e. The molecule has 0 aliphatic carbocycles. The first-order valence-electron chi connectivity index (χ1n) is 8.76. The van der Waals surface area contributed by atoms with Gasteiger partial charge in [0, 0.05) is 0 Å². The van der Waals surface area contributed by atoms with Crippen LogP contribution >= 0.6 is 45.2 Å². The lowest BCUT2D eigenvalue weighted by Gasteiger charge is -2.27. The molecule has 2 aromatic rings. The van der Waals surface area contributed by atoms with E-state index in [0.717, 1.165) is 23.2 Å². The highest BCUT2D eigenvalue weighted by molar-refractivity contribution is 14.1. The summed E-state index contributed by atoms with van der Waals surface area (Å²) in [5.74, 6) is 1.65. The number of ether oxygens (including phenoxy) is 1. The van der Waals surface area contributed by atoms with Crippen molar-refractivity contribution in [2.24, 2.45) is 0 Å². The fraction of sp³-hybridized carbons (Fsp3) is 0.136. The Hall–Kier alpha value is -2.39. The highest BCUT2D eigenvalue weighted by Gasteiger charge is 2.37. The SMILES string of the molecule is C#CCOc1c(I)cc(/C=C2\C(=O)NC(=O)N(c3cc(C)cc(C)c3)C2=O)cc1I. The molecule has 0 unspecified atom stereocenters. The lowest BCUT2D eigenvalue weighted by molar-refractivity contribution is -0.122. The second-order valence-corrected chi connectivity index (χ2v) is 8.93. The lowest BCUT2D eigenvalue weighted by atomic mass is 10.1. The maximum atomic E-state index is 13.1. The number of barbiturate groups is 1. The average Bonchev–Trinajstić information content (AvgIpc) is 2.63. The van der Waals surface area contributed by atoms with E-state index in [2.05, 4.69) is 56.4 Å². The molecule has 1 heterocycles. The van der Waals surface area contributed by atoms with Gasteiger partial charge in [0.2, 0.25) is 0 Å². The molecule has 152 valence electrons. The monoisotopic (exact) mass is 626 g/mol. The van der Waals surface area contributed by atoms with Gasteiger partial charge in [-0.15, -0.1) is 6.42 Å². The number of rotatable bonds is 4. The molecule has 0 radical (unpaired) electrons. The van der Waals surface area contributed by atoms with Crippen LogP contribution in [0.4, 0.5) is 10.5 Å². The topological polar surface area (TPSA) is 75.7 Å². The third-order valence-electron chi connectivity index (χ3n) is 4.20. The van der Waals surface area contributed by atoms with Crippen LogP contribution in [0.5, 0.6) is 5.75 Å². The van der Waals surface area contributed by atoms with Crippen molar-refractivity contribution in [3.05, 3.63) is 59.7 Å². The zero-order valence-corrected chi connectivity index (χ0v) is 20.4. The highest BCUT2D eigenvalue weighted by Crippen LogP contribution is 2.30. The van der Waals surface area contributed by atoms with Crippen molar-refractivity contribution in [2.75, 3.05) is 11.5 Å². The number of imide groups is 2. The van der Waals surface area contributed by atoms with E-state index in [1.165, 1.54) is 6.08 Å². The number of urea groups is 1. The number of terminal acetylenes is 1. The molecule has 0 saturated carbocycles. The van der Waals surface area contributed by atoms with Crippen LogP contribution in [0.2, 0.25) is 0 Å². The van der Waals surface area contributed by atoms with Gasteiger partial charge in [-0.05, 0) is 106 Å². The predicted octanol–water partition coefficient (Wildman–Crippen LogP) is 4.19. The lowest BCUT2D eigenvalue weighted by Crippen LogP contribution is -2.54. The molecule has 1 aliphatic rings. The van der Waals surface area contributed by atoms with Gasteiger partial charge in [0.25, 0.3) is 11.8 Å². The van der Waals surface area contributed by atoms with E-state index in [1.54, 1.807) is 24.3 Å². The van der Waals surface area contributed by atoms with Crippen LogP contribution < -0.4 is 15.0 Å². The molecule has 8 heteroatoms. The summed E-state index contributed by atoms with van der Waals surface area (Å²) in [7, 11) is 0. The molecule has 0 spiro atoms. The van der Waals surface area contributed by atoms with Gasteiger partial charge in [-0.3, -0.25) is 14.9 Å². The van der Waals surface area contributed by atoms with Crippen LogP contribution in [-0.2, 0) is 9.59 Å². The quantitative estimate of drug-likeness (QED) is 0.239. The molecular formula is C22H16I2N2O4. The summed E-state index contributed by atoms with van der Waals surface area (Å²) in [6.07, 6.45) is 6.72. The van der Waals surface area contributed by atoms with E-state index in [9.17, 15) is 14.4 Å². The van der Waals surface area contributed by atoms with E-state index in [1.807, 2.05) is 19.9 Å². The number of carbonyl (C=O) groups excluding carboxylic acids is 3. The Morgan fingerprint density at radius 3 is 2.23 bits per heavy atom. The van der Waals surface area contributed by atoms with Crippen LogP contribution in [0.3, 0.4) is 0 Å². The molecule has 0 bridgehead atoms. The summed E-state index contributed by atoms with van der Waals surface area (Å²) in [6.45, 7) is 3.89. The maximum absolute atomic E-state index is 13.1. The Kier molecular flexibility index (Phi) is 6.82. The number of anilines is 1.